The van der Waals surface area contributed by atoms with Crippen LogP contribution in [-0.4, -0.2) is 48.4 Å². The number of benzene rings is 1. The summed E-state index contributed by atoms with van der Waals surface area (Å²) in [5, 5.41) is 1.93. The van der Waals surface area contributed by atoms with E-state index < -0.39 is 0 Å². The van der Waals surface area contributed by atoms with Crippen molar-refractivity contribution in [3.63, 3.8) is 0 Å². The molecule has 2 aliphatic heterocycles. The standard InChI is InChI=1S/C24H30N2O3S/c1-29-20-10-8-18(9-11-20)21-6-3-2-4-14-26(21)23(27)19-12-15-25(16-13-19)24(28)22-7-5-17-30-22/h5,7-11,17,19,21H,2-4,6,12-16H2,1H3/t21-/m1/s1. The van der Waals surface area contributed by atoms with E-state index in [1.54, 1.807) is 7.11 Å². The quantitative estimate of drug-likeness (QED) is 0.709. The molecule has 0 bridgehead atoms. The van der Waals surface area contributed by atoms with Gasteiger partial charge in [0.15, 0.2) is 0 Å². The van der Waals surface area contributed by atoms with Crippen LogP contribution in [0.5, 0.6) is 5.75 Å². The zero-order valence-electron chi connectivity index (χ0n) is 17.6. The van der Waals surface area contributed by atoms with Gasteiger partial charge in [-0.25, -0.2) is 0 Å². The van der Waals surface area contributed by atoms with Gasteiger partial charge in [-0.2, -0.15) is 0 Å². The molecule has 5 nitrogen and oxygen atoms in total. The number of thiophene rings is 1. The van der Waals surface area contributed by atoms with Gasteiger partial charge in [0, 0.05) is 25.6 Å². The van der Waals surface area contributed by atoms with E-state index >= 15 is 0 Å². The normalized spacial score (nSPS) is 20.6. The highest BCUT2D eigenvalue weighted by atomic mass is 32.1. The molecule has 1 aromatic carbocycles. The van der Waals surface area contributed by atoms with Crippen LogP contribution in [0.25, 0.3) is 0 Å². The number of amides is 2. The zero-order chi connectivity index (χ0) is 20.9. The number of hydrogen-bond acceptors (Lipinski definition) is 4. The Bertz CT molecular complexity index is 842. The summed E-state index contributed by atoms with van der Waals surface area (Å²) in [6.07, 6.45) is 5.89. The number of carbonyl (C=O) groups is 2. The van der Waals surface area contributed by atoms with Crippen molar-refractivity contribution in [1.29, 1.82) is 0 Å². The van der Waals surface area contributed by atoms with Crippen molar-refractivity contribution in [3.05, 3.63) is 52.2 Å². The predicted molar refractivity (Wildman–Crippen MR) is 119 cm³/mol. The van der Waals surface area contributed by atoms with E-state index in [4.69, 9.17) is 4.74 Å². The van der Waals surface area contributed by atoms with E-state index in [0.717, 1.165) is 49.3 Å². The zero-order valence-corrected chi connectivity index (χ0v) is 18.4. The van der Waals surface area contributed by atoms with Gasteiger partial charge in [-0.1, -0.05) is 31.0 Å². The summed E-state index contributed by atoms with van der Waals surface area (Å²) >= 11 is 1.48. The van der Waals surface area contributed by atoms with Gasteiger partial charge in [0.05, 0.1) is 18.0 Å². The fourth-order valence-corrected chi connectivity index (χ4v) is 5.36. The van der Waals surface area contributed by atoms with E-state index in [-0.39, 0.29) is 23.8 Å². The molecule has 2 amide bonds. The molecule has 0 N–H and O–H groups in total. The first kappa shape index (κ1) is 20.9. The summed E-state index contributed by atoms with van der Waals surface area (Å²) in [5.74, 6) is 1.21. The minimum Gasteiger partial charge on any atom is -0.497 e. The van der Waals surface area contributed by atoms with Crippen LogP contribution in [0.15, 0.2) is 41.8 Å². The summed E-state index contributed by atoms with van der Waals surface area (Å²) in [7, 11) is 1.67. The number of carbonyl (C=O) groups excluding carboxylic acids is 2. The van der Waals surface area contributed by atoms with E-state index in [2.05, 4.69) is 17.0 Å². The first-order valence-electron chi connectivity index (χ1n) is 10.9. The van der Waals surface area contributed by atoms with Gasteiger partial charge in [0.25, 0.3) is 5.91 Å². The monoisotopic (exact) mass is 426 g/mol. The minimum absolute atomic E-state index is 0.0104. The molecule has 0 aliphatic carbocycles. The van der Waals surface area contributed by atoms with Gasteiger partial charge in [-0.05, 0) is 54.8 Å². The Morgan fingerprint density at radius 2 is 1.73 bits per heavy atom. The number of methoxy groups -OCH3 is 1. The Morgan fingerprint density at radius 3 is 2.40 bits per heavy atom. The van der Waals surface area contributed by atoms with E-state index in [9.17, 15) is 9.59 Å². The number of ether oxygens (including phenoxy) is 1. The molecule has 0 unspecified atom stereocenters. The number of piperidine rings is 1. The van der Waals surface area contributed by atoms with Crippen molar-refractivity contribution in [1.82, 2.24) is 9.80 Å². The van der Waals surface area contributed by atoms with Crippen molar-refractivity contribution < 1.29 is 14.3 Å². The summed E-state index contributed by atoms with van der Waals surface area (Å²) in [4.78, 5) is 30.9. The lowest BCUT2D eigenvalue weighted by atomic mass is 9.93. The molecule has 2 fully saturated rings. The number of likely N-dealkylation sites (tertiary alicyclic amines) is 2. The maximum atomic E-state index is 13.5. The molecule has 1 aromatic heterocycles. The lowest BCUT2D eigenvalue weighted by Crippen LogP contribution is -2.45. The van der Waals surface area contributed by atoms with E-state index in [1.165, 1.54) is 23.3 Å². The second kappa shape index (κ2) is 9.65. The Hall–Kier alpha value is -2.34. The molecule has 0 radical (unpaired) electrons. The Balaban J connectivity index is 1.43. The van der Waals surface area contributed by atoms with Crippen molar-refractivity contribution >= 4 is 23.2 Å². The van der Waals surface area contributed by atoms with Crippen LogP contribution >= 0.6 is 11.3 Å². The molecule has 0 saturated carbocycles. The van der Waals surface area contributed by atoms with Crippen molar-refractivity contribution in [2.75, 3.05) is 26.7 Å². The van der Waals surface area contributed by atoms with Gasteiger partial charge in [0.2, 0.25) is 5.91 Å². The largest absolute Gasteiger partial charge is 0.497 e. The van der Waals surface area contributed by atoms with Gasteiger partial charge >= 0.3 is 0 Å². The first-order valence-corrected chi connectivity index (χ1v) is 11.8. The van der Waals surface area contributed by atoms with Crippen LogP contribution in [0.4, 0.5) is 0 Å². The second-order valence-corrected chi connectivity index (χ2v) is 9.16. The van der Waals surface area contributed by atoms with Crippen molar-refractivity contribution in [3.8, 4) is 5.75 Å². The molecule has 2 saturated heterocycles. The number of nitrogens with zero attached hydrogens (tertiary/aromatic N) is 2. The van der Waals surface area contributed by atoms with Gasteiger partial charge < -0.3 is 14.5 Å². The van der Waals surface area contributed by atoms with E-state index in [1.807, 2.05) is 34.5 Å². The summed E-state index contributed by atoms with van der Waals surface area (Å²) < 4.78 is 5.29. The van der Waals surface area contributed by atoms with Crippen molar-refractivity contribution in [2.24, 2.45) is 5.92 Å². The van der Waals surface area contributed by atoms with Crippen LogP contribution < -0.4 is 4.74 Å². The highest BCUT2D eigenvalue weighted by Gasteiger charge is 2.34. The smallest absolute Gasteiger partial charge is 0.263 e. The van der Waals surface area contributed by atoms with E-state index in [0.29, 0.717) is 13.1 Å². The molecule has 6 heteroatoms. The van der Waals surface area contributed by atoms with Crippen LogP contribution in [0.1, 0.15) is 59.8 Å². The summed E-state index contributed by atoms with van der Waals surface area (Å²) in [6, 6.07) is 12.1. The molecule has 0 spiro atoms. The lowest BCUT2D eigenvalue weighted by Gasteiger charge is -2.37. The number of rotatable bonds is 4. The first-order chi connectivity index (χ1) is 14.7. The van der Waals surface area contributed by atoms with Gasteiger partial charge in [-0.3, -0.25) is 9.59 Å². The fourth-order valence-electron chi connectivity index (χ4n) is 4.66. The number of hydrogen-bond donors (Lipinski definition) is 0. The van der Waals surface area contributed by atoms with Gasteiger partial charge in [-0.15, -0.1) is 11.3 Å². The fraction of sp³-hybridized carbons (Fsp3) is 0.500. The Morgan fingerprint density at radius 1 is 0.967 bits per heavy atom. The average molecular weight is 427 g/mol. The summed E-state index contributed by atoms with van der Waals surface area (Å²) in [5.41, 5.74) is 1.19. The van der Waals surface area contributed by atoms with Crippen LogP contribution in [0.3, 0.4) is 0 Å². The third kappa shape index (κ3) is 4.53. The maximum absolute atomic E-state index is 13.5. The lowest BCUT2D eigenvalue weighted by molar-refractivity contribution is -0.139. The second-order valence-electron chi connectivity index (χ2n) is 8.21. The highest BCUT2D eigenvalue weighted by molar-refractivity contribution is 7.12. The molecule has 1 atom stereocenters. The molecular weight excluding hydrogens is 396 g/mol. The van der Waals surface area contributed by atoms with Crippen LogP contribution in [0, 0.1) is 5.92 Å². The third-order valence-corrected chi connectivity index (χ3v) is 7.26. The minimum atomic E-state index is 0.0104. The molecule has 2 aromatic rings. The molecule has 160 valence electrons. The molecule has 30 heavy (non-hydrogen) atoms. The third-order valence-electron chi connectivity index (χ3n) is 6.40. The Labute approximate surface area is 182 Å². The molecular formula is C24H30N2O3S. The van der Waals surface area contributed by atoms with Crippen LogP contribution in [0.2, 0.25) is 0 Å². The maximum Gasteiger partial charge on any atom is 0.263 e. The topological polar surface area (TPSA) is 49.9 Å². The van der Waals surface area contributed by atoms with Gasteiger partial charge in [0.1, 0.15) is 5.75 Å². The molecule has 4 rings (SSSR count). The SMILES string of the molecule is COc1ccc([C@H]2CCCCCN2C(=O)C2CCN(C(=O)c3cccs3)CC2)cc1. The average Bonchev–Trinajstić information content (AvgIpc) is 3.23. The highest BCUT2D eigenvalue weighted by Crippen LogP contribution is 2.34. The predicted octanol–water partition coefficient (Wildman–Crippen LogP) is 4.75. The van der Waals surface area contributed by atoms with Crippen molar-refractivity contribution in [2.45, 2.75) is 44.6 Å². The molecule has 2 aliphatic rings. The molecule has 3 heterocycles. The van der Waals surface area contributed by atoms with Crippen LogP contribution in [-0.2, 0) is 4.79 Å². The summed E-state index contributed by atoms with van der Waals surface area (Å²) in [6.45, 7) is 2.15. The Kier molecular flexibility index (Phi) is 6.72.